The van der Waals surface area contributed by atoms with E-state index in [-0.39, 0.29) is 11.8 Å². The van der Waals surface area contributed by atoms with Crippen LogP contribution in [0.2, 0.25) is 0 Å². The summed E-state index contributed by atoms with van der Waals surface area (Å²) in [6, 6.07) is 8.19. The average molecular weight is 342 g/mol. The van der Waals surface area contributed by atoms with Gasteiger partial charge in [-0.2, -0.15) is 0 Å². The van der Waals surface area contributed by atoms with Crippen LogP contribution in [0, 0.1) is 5.92 Å². The van der Waals surface area contributed by atoms with E-state index in [1.54, 1.807) is 11.5 Å². The Hall–Kier alpha value is -2.14. The van der Waals surface area contributed by atoms with Crippen LogP contribution >= 0.6 is 0 Å². The van der Waals surface area contributed by atoms with Crippen LogP contribution in [0.5, 0.6) is 0 Å². The first-order valence-electron chi connectivity index (χ1n) is 9.05. The molecular weight excluding hydrogens is 316 g/mol. The third kappa shape index (κ3) is 4.10. The molecule has 1 aromatic carbocycles. The fourth-order valence-corrected chi connectivity index (χ4v) is 3.53. The predicted molar refractivity (Wildman–Crippen MR) is 97.7 cm³/mol. The van der Waals surface area contributed by atoms with Gasteiger partial charge in [0.1, 0.15) is 0 Å². The van der Waals surface area contributed by atoms with Crippen LogP contribution in [0.4, 0.5) is 0 Å². The molecule has 0 saturated carbocycles. The molecule has 1 atom stereocenters. The Morgan fingerprint density at radius 3 is 2.88 bits per heavy atom. The van der Waals surface area contributed by atoms with Gasteiger partial charge in [-0.15, -0.1) is 0 Å². The van der Waals surface area contributed by atoms with Crippen LogP contribution in [0.1, 0.15) is 37.0 Å². The molecule has 1 aliphatic heterocycles. The maximum atomic E-state index is 12.2. The fourth-order valence-electron chi connectivity index (χ4n) is 3.53. The zero-order valence-corrected chi connectivity index (χ0v) is 15.0. The molecule has 1 amide bonds. The first-order chi connectivity index (χ1) is 12.1. The SMILES string of the molecule is CCCC(=O)N1CCOC[C@H](Cc2ccc3c(ccn3C(C)=O)c2)C1. The second-order valence-electron chi connectivity index (χ2n) is 6.83. The number of benzene rings is 1. The van der Waals surface area contributed by atoms with Gasteiger partial charge in [0.15, 0.2) is 0 Å². The number of ether oxygens (including phenoxy) is 1. The van der Waals surface area contributed by atoms with E-state index in [9.17, 15) is 9.59 Å². The summed E-state index contributed by atoms with van der Waals surface area (Å²) in [5.41, 5.74) is 2.15. The van der Waals surface area contributed by atoms with Gasteiger partial charge in [-0.1, -0.05) is 13.0 Å². The topological polar surface area (TPSA) is 51.5 Å². The molecule has 25 heavy (non-hydrogen) atoms. The molecule has 1 fully saturated rings. The van der Waals surface area contributed by atoms with Crippen molar-refractivity contribution in [2.45, 2.75) is 33.1 Å². The Morgan fingerprint density at radius 2 is 2.12 bits per heavy atom. The Morgan fingerprint density at radius 1 is 1.28 bits per heavy atom. The minimum atomic E-state index is 0.0185. The minimum Gasteiger partial charge on any atom is -0.379 e. The van der Waals surface area contributed by atoms with Crippen molar-refractivity contribution in [2.75, 3.05) is 26.3 Å². The molecule has 0 bridgehead atoms. The molecule has 1 aliphatic rings. The summed E-state index contributed by atoms with van der Waals surface area (Å²) in [7, 11) is 0. The largest absolute Gasteiger partial charge is 0.379 e. The molecule has 134 valence electrons. The van der Waals surface area contributed by atoms with Crippen molar-refractivity contribution in [3.8, 4) is 0 Å². The maximum Gasteiger partial charge on any atom is 0.227 e. The van der Waals surface area contributed by atoms with Crippen LogP contribution in [0.25, 0.3) is 10.9 Å². The molecule has 1 aromatic heterocycles. The molecule has 0 N–H and O–H groups in total. The summed E-state index contributed by atoms with van der Waals surface area (Å²) in [5.74, 6) is 0.549. The second kappa shape index (κ2) is 7.83. The zero-order chi connectivity index (χ0) is 17.8. The third-order valence-electron chi connectivity index (χ3n) is 4.77. The van der Waals surface area contributed by atoms with Crippen molar-refractivity contribution in [3.63, 3.8) is 0 Å². The number of rotatable bonds is 4. The Labute approximate surface area is 148 Å². The fraction of sp³-hybridized carbons (Fsp3) is 0.500. The molecule has 2 aromatic rings. The standard InChI is InChI=1S/C20H26N2O3/c1-3-4-20(24)21-9-10-25-14-17(13-21)11-16-5-6-19-18(12-16)7-8-22(19)15(2)23/h5-8,12,17H,3-4,9-11,13-14H2,1-2H3/t17-/m1/s1. The lowest BCUT2D eigenvalue weighted by Gasteiger charge is -2.23. The number of amides is 1. The van der Waals surface area contributed by atoms with Crippen LogP contribution < -0.4 is 0 Å². The molecule has 2 heterocycles. The number of nitrogens with zero attached hydrogens (tertiary/aromatic N) is 2. The molecule has 0 spiro atoms. The lowest BCUT2D eigenvalue weighted by Crippen LogP contribution is -2.36. The van der Waals surface area contributed by atoms with Crippen molar-refractivity contribution in [3.05, 3.63) is 36.0 Å². The third-order valence-corrected chi connectivity index (χ3v) is 4.77. The highest BCUT2D eigenvalue weighted by Gasteiger charge is 2.22. The van der Waals surface area contributed by atoms with Crippen molar-refractivity contribution in [1.29, 1.82) is 0 Å². The number of carbonyl (C=O) groups excluding carboxylic acids is 2. The monoisotopic (exact) mass is 342 g/mol. The van der Waals surface area contributed by atoms with E-state index in [0.29, 0.717) is 32.1 Å². The van der Waals surface area contributed by atoms with Crippen LogP contribution in [-0.2, 0) is 16.0 Å². The minimum absolute atomic E-state index is 0.0185. The number of hydrogen-bond donors (Lipinski definition) is 0. The molecule has 1 saturated heterocycles. The maximum absolute atomic E-state index is 12.2. The molecule has 0 radical (unpaired) electrons. The second-order valence-corrected chi connectivity index (χ2v) is 6.83. The van der Waals surface area contributed by atoms with Gasteiger partial charge < -0.3 is 9.64 Å². The van der Waals surface area contributed by atoms with Crippen molar-refractivity contribution < 1.29 is 14.3 Å². The predicted octanol–water partition coefficient (Wildman–Crippen LogP) is 3.12. The zero-order valence-electron chi connectivity index (χ0n) is 15.0. The smallest absolute Gasteiger partial charge is 0.227 e. The number of fused-ring (bicyclic) bond motifs is 1. The highest BCUT2D eigenvalue weighted by atomic mass is 16.5. The quantitative estimate of drug-likeness (QED) is 0.858. The van der Waals surface area contributed by atoms with E-state index < -0.39 is 0 Å². The first-order valence-corrected chi connectivity index (χ1v) is 9.05. The molecule has 0 unspecified atom stereocenters. The number of hydrogen-bond acceptors (Lipinski definition) is 3. The normalized spacial score (nSPS) is 18.3. The van der Waals surface area contributed by atoms with E-state index in [0.717, 1.165) is 30.3 Å². The Bertz CT molecular complexity index is 765. The van der Waals surface area contributed by atoms with Crippen LogP contribution in [0.15, 0.2) is 30.5 Å². The summed E-state index contributed by atoms with van der Waals surface area (Å²) in [6.45, 7) is 6.35. The van der Waals surface area contributed by atoms with Gasteiger partial charge in [0, 0.05) is 43.9 Å². The number of aromatic nitrogens is 1. The highest BCUT2D eigenvalue weighted by Crippen LogP contribution is 2.21. The molecule has 5 heteroatoms. The summed E-state index contributed by atoms with van der Waals surface area (Å²) in [4.78, 5) is 25.8. The van der Waals surface area contributed by atoms with Gasteiger partial charge in [-0.25, -0.2) is 0 Å². The van der Waals surface area contributed by atoms with Crippen molar-refractivity contribution in [1.82, 2.24) is 9.47 Å². The molecule has 3 rings (SSSR count). The Kier molecular flexibility index (Phi) is 5.53. The first kappa shape index (κ1) is 17.7. The molecular formula is C20H26N2O3. The van der Waals surface area contributed by atoms with E-state index >= 15 is 0 Å². The van der Waals surface area contributed by atoms with Gasteiger partial charge in [0.25, 0.3) is 0 Å². The van der Waals surface area contributed by atoms with E-state index in [2.05, 4.69) is 12.1 Å². The number of carbonyl (C=O) groups is 2. The summed E-state index contributed by atoms with van der Waals surface area (Å²) >= 11 is 0. The van der Waals surface area contributed by atoms with Gasteiger partial charge in [-0.05, 0) is 36.6 Å². The lowest BCUT2D eigenvalue weighted by molar-refractivity contribution is -0.131. The van der Waals surface area contributed by atoms with Crippen LogP contribution in [-0.4, -0.2) is 47.6 Å². The lowest BCUT2D eigenvalue weighted by atomic mass is 9.98. The van der Waals surface area contributed by atoms with Gasteiger partial charge >= 0.3 is 0 Å². The summed E-state index contributed by atoms with van der Waals surface area (Å²) in [5, 5.41) is 1.07. The van der Waals surface area contributed by atoms with E-state index in [1.807, 2.05) is 30.2 Å². The van der Waals surface area contributed by atoms with Crippen molar-refractivity contribution >= 4 is 22.7 Å². The molecule has 5 nitrogen and oxygen atoms in total. The van der Waals surface area contributed by atoms with Gasteiger partial charge in [0.05, 0.1) is 18.7 Å². The Balaban J connectivity index is 1.73. The highest BCUT2D eigenvalue weighted by molar-refractivity contribution is 5.91. The van der Waals surface area contributed by atoms with Crippen LogP contribution in [0.3, 0.4) is 0 Å². The average Bonchev–Trinajstić information content (AvgIpc) is 2.86. The summed E-state index contributed by atoms with van der Waals surface area (Å²) in [6.07, 6.45) is 4.18. The van der Waals surface area contributed by atoms with Crippen molar-refractivity contribution in [2.24, 2.45) is 5.92 Å². The molecule has 0 aliphatic carbocycles. The summed E-state index contributed by atoms with van der Waals surface area (Å²) < 4.78 is 7.38. The van der Waals surface area contributed by atoms with Gasteiger partial charge in [0.2, 0.25) is 11.8 Å². The van der Waals surface area contributed by atoms with Gasteiger partial charge in [-0.3, -0.25) is 14.2 Å². The van der Waals surface area contributed by atoms with E-state index in [1.165, 1.54) is 5.56 Å². The van der Waals surface area contributed by atoms with E-state index in [4.69, 9.17) is 4.74 Å².